The monoisotopic (exact) mass is 410 g/mol. The van der Waals surface area contributed by atoms with E-state index in [0.717, 1.165) is 42.6 Å². The SMILES string of the molecule is CCCC[C@H](CC)CNS(=O)(=O)c1nnc(NC(=O)c2ccc(C)cc2)s1. The molecule has 1 aromatic heterocycles. The van der Waals surface area contributed by atoms with Crippen LogP contribution in [0.15, 0.2) is 28.6 Å². The summed E-state index contributed by atoms with van der Waals surface area (Å²) in [4.78, 5) is 12.2. The van der Waals surface area contributed by atoms with Crippen LogP contribution in [0.1, 0.15) is 55.5 Å². The molecule has 2 rings (SSSR count). The number of carbonyl (C=O) groups excluding carboxylic acids is 1. The van der Waals surface area contributed by atoms with Crippen molar-refractivity contribution in [2.24, 2.45) is 5.92 Å². The standard InChI is InChI=1S/C18H26N4O3S2/c1-4-6-7-14(5-2)12-19-27(24,25)18-22-21-17(26-18)20-16(23)15-10-8-13(3)9-11-15/h8-11,14,19H,4-7,12H2,1-3H3,(H,20,21,23)/t14-/m0/s1. The van der Waals surface area contributed by atoms with Crippen molar-refractivity contribution in [2.75, 3.05) is 11.9 Å². The fourth-order valence-electron chi connectivity index (χ4n) is 2.48. The molecule has 0 aliphatic rings. The number of amides is 1. The van der Waals surface area contributed by atoms with Gasteiger partial charge in [-0.3, -0.25) is 10.1 Å². The van der Waals surface area contributed by atoms with Crippen molar-refractivity contribution in [3.8, 4) is 0 Å². The normalized spacial score (nSPS) is 12.7. The number of anilines is 1. The minimum absolute atomic E-state index is 0.146. The van der Waals surface area contributed by atoms with Gasteiger partial charge in [0.05, 0.1) is 0 Å². The Hall–Kier alpha value is -1.84. The molecule has 1 atom stereocenters. The third-order valence-electron chi connectivity index (χ3n) is 4.28. The van der Waals surface area contributed by atoms with Crippen molar-refractivity contribution in [1.82, 2.24) is 14.9 Å². The summed E-state index contributed by atoms with van der Waals surface area (Å²) in [7, 11) is -3.73. The number of benzene rings is 1. The number of nitrogens with one attached hydrogen (secondary N) is 2. The van der Waals surface area contributed by atoms with Crippen LogP contribution in [-0.4, -0.2) is 31.1 Å². The lowest BCUT2D eigenvalue weighted by molar-refractivity contribution is 0.102. The van der Waals surface area contributed by atoms with Gasteiger partial charge in [0.2, 0.25) is 9.47 Å². The molecule has 0 aliphatic heterocycles. The Balaban J connectivity index is 1.98. The summed E-state index contributed by atoms with van der Waals surface area (Å²) < 4.78 is 27.3. The van der Waals surface area contributed by atoms with Gasteiger partial charge in [0, 0.05) is 12.1 Å². The first-order chi connectivity index (χ1) is 12.9. The molecule has 148 valence electrons. The maximum absolute atomic E-state index is 12.4. The van der Waals surface area contributed by atoms with E-state index in [9.17, 15) is 13.2 Å². The average Bonchev–Trinajstić information content (AvgIpc) is 3.12. The highest BCUT2D eigenvalue weighted by Gasteiger charge is 2.22. The van der Waals surface area contributed by atoms with E-state index in [1.807, 2.05) is 19.1 Å². The molecule has 0 saturated carbocycles. The van der Waals surface area contributed by atoms with E-state index in [0.29, 0.717) is 18.0 Å². The third kappa shape index (κ3) is 6.37. The molecule has 7 nitrogen and oxygen atoms in total. The first-order valence-corrected chi connectivity index (χ1v) is 11.4. The van der Waals surface area contributed by atoms with Crippen LogP contribution in [0.5, 0.6) is 0 Å². The zero-order chi connectivity index (χ0) is 19.9. The number of carbonyl (C=O) groups is 1. The van der Waals surface area contributed by atoms with E-state index in [1.54, 1.807) is 12.1 Å². The summed E-state index contributed by atoms with van der Waals surface area (Å²) in [5.41, 5.74) is 1.52. The second-order valence-electron chi connectivity index (χ2n) is 6.46. The van der Waals surface area contributed by atoms with Crippen LogP contribution < -0.4 is 10.0 Å². The molecule has 1 amide bonds. The number of rotatable bonds is 10. The summed E-state index contributed by atoms with van der Waals surface area (Å²) in [6.45, 7) is 6.48. The molecule has 0 fully saturated rings. The van der Waals surface area contributed by atoms with Crippen molar-refractivity contribution >= 4 is 32.4 Å². The van der Waals surface area contributed by atoms with E-state index in [4.69, 9.17) is 0 Å². The molecule has 2 N–H and O–H groups in total. The maximum atomic E-state index is 12.4. The molecule has 0 unspecified atom stereocenters. The summed E-state index contributed by atoms with van der Waals surface area (Å²) in [6, 6.07) is 7.06. The van der Waals surface area contributed by atoms with Crippen molar-refractivity contribution < 1.29 is 13.2 Å². The Morgan fingerprint density at radius 1 is 1.19 bits per heavy atom. The number of aryl methyl sites for hydroxylation is 1. The maximum Gasteiger partial charge on any atom is 0.269 e. The first kappa shape index (κ1) is 21.5. The predicted octanol–water partition coefficient (Wildman–Crippen LogP) is 3.59. The number of aromatic nitrogens is 2. The first-order valence-electron chi connectivity index (χ1n) is 9.07. The molecule has 0 spiro atoms. The molecule has 0 saturated heterocycles. The fraction of sp³-hybridized carbons (Fsp3) is 0.500. The zero-order valence-electron chi connectivity index (χ0n) is 15.9. The summed E-state index contributed by atoms with van der Waals surface area (Å²) >= 11 is 0.838. The predicted molar refractivity (Wildman–Crippen MR) is 108 cm³/mol. The largest absolute Gasteiger partial charge is 0.296 e. The molecule has 2 aromatic rings. The van der Waals surface area contributed by atoms with E-state index in [-0.39, 0.29) is 15.4 Å². The van der Waals surface area contributed by atoms with E-state index >= 15 is 0 Å². The second kappa shape index (κ2) is 9.91. The molecule has 27 heavy (non-hydrogen) atoms. The Morgan fingerprint density at radius 2 is 1.89 bits per heavy atom. The van der Waals surface area contributed by atoms with Gasteiger partial charge in [-0.2, -0.15) is 0 Å². The number of unbranched alkanes of at least 4 members (excludes halogenated alkanes) is 1. The summed E-state index contributed by atoms with van der Waals surface area (Å²) in [5.74, 6) is -0.0537. The molecule has 0 bridgehead atoms. The lowest BCUT2D eigenvalue weighted by Gasteiger charge is -2.14. The van der Waals surface area contributed by atoms with Crippen LogP contribution in [0.4, 0.5) is 5.13 Å². The van der Waals surface area contributed by atoms with E-state index in [2.05, 4.69) is 34.1 Å². The van der Waals surface area contributed by atoms with Crippen LogP contribution in [0.3, 0.4) is 0 Å². The molecule has 9 heteroatoms. The van der Waals surface area contributed by atoms with Crippen LogP contribution in [0, 0.1) is 12.8 Å². The molecular weight excluding hydrogens is 384 g/mol. The minimum atomic E-state index is -3.73. The lowest BCUT2D eigenvalue weighted by Crippen LogP contribution is -2.29. The molecule has 1 aromatic carbocycles. The molecule has 1 heterocycles. The van der Waals surface area contributed by atoms with E-state index in [1.165, 1.54) is 0 Å². The van der Waals surface area contributed by atoms with Crippen LogP contribution >= 0.6 is 11.3 Å². The average molecular weight is 411 g/mol. The summed E-state index contributed by atoms with van der Waals surface area (Å²) in [5, 5.41) is 10.2. The highest BCUT2D eigenvalue weighted by Crippen LogP contribution is 2.21. The van der Waals surface area contributed by atoms with Crippen molar-refractivity contribution in [3.63, 3.8) is 0 Å². The van der Waals surface area contributed by atoms with Crippen molar-refractivity contribution in [1.29, 1.82) is 0 Å². The van der Waals surface area contributed by atoms with Crippen LogP contribution in [0.2, 0.25) is 0 Å². The van der Waals surface area contributed by atoms with Gasteiger partial charge >= 0.3 is 0 Å². The fourth-order valence-corrected chi connectivity index (χ4v) is 4.53. The van der Waals surface area contributed by atoms with Gasteiger partial charge in [0.25, 0.3) is 15.9 Å². The van der Waals surface area contributed by atoms with Gasteiger partial charge in [0.15, 0.2) is 0 Å². The Morgan fingerprint density at radius 3 is 2.52 bits per heavy atom. The van der Waals surface area contributed by atoms with Gasteiger partial charge in [-0.05, 0) is 31.4 Å². The van der Waals surface area contributed by atoms with E-state index < -0.39 is 10.0 Å². The Kier molecular flexibility index (Phi) is 7.88. The second-order valence-corrected chi connectivity index (χ2v) is 9.38. The zero-order valence-corrected chi connectivity index (χ0v) is 17.5. The smallest absolute Gasteiger partial charge is 0.269 e. The minimum Gasteiger partial charge on any atom is -0.296 e. The lowest BCUT2D eigenvalue weighted by atomic mass is 10.00. The molecule has 0 radical (unpaired) electrons. The van der Waals surface area contributed by atoms with Crippen LogP contribution in [0.25, 0.3) is 0 Å². The van der Waals surface area contributed by atoms with Gasteiger partial charge in [-0.15, -0.1) is 10.2 Å². The molecule has 0 aliphatic carbocycles. The van der Waals surface area contributed by atoms with Crippen LogP contribution in [-0.2, 0) is 10.0 Å². The number of hydrogen-bond donors (Lipinski definition) is 2. The highest BCUT2D eigenvalue weighted by molar-refractivity contribution is 7.91. The Labute approximate surface area is 164 Å². The van der Waals surface area contributed by atoms with Gasteiger partial charge in [-0.25, -0.2) is 13.1 Å². The van der Waals surface area contributed by atoms with Crippen molar-refractivity contribution in [2.45, 2.75) is 50.8 Å². The number of nitrogens with zero attached hydrogens (tertiary/aromatic N) is 2. The van der Waals surface area contributed by atoms with Gasteiger partial charge in [-0.1, -0.05) is 62.1 Å². The Bertz CT molecular complexity index is 848. The number of sulfonamides is 1. The quantitative estimate of drug-likeness (QED) is 0.583. The molecular formula is C18H26N4O3S2. The van der Waals surface area contributed by atoms with Gasteiger partial charge in [0.1, 0.15) is 0 Å². The topological polar surface area (TPSA) is 101 Å². The number of hydrogen-bond acceptors (Lipinski definition) is 6. The highest BCUT2D eigenvalue weighted by atomic mass is 32.2. The summed E-state index contributed by atoms with van der Waals surface area (Å²) in [6.07, 6.45) is 4.07. The van der Waals surface area contributed by atoms with Gasteiger partial charge < -0.3 is 0 Å². The van der Waals surface area contributed by atoms with Crippen molar-refractivity contribution in [3.05, 3.63) is 35.4 Å². The third-order valence-corrected chi connectivity index (χ3v) is 6.91.